The van der Waals surface area contributed by atoms with Crippen LogP contribution >= 0.6 is 0 Å². The first kappa shape index (κ1) is 18.9. The molecule has 2 amide bonds. The summed E-state index contributed by atoms with van der Waals surface area (Å²) in [4.78, 5) is 23.9. The molecule has 8 heteroatoms. The summed E-state index contributed by atoms with van der Waals surface area (Å²) < 4.78 is 13.0. The van der Waals surface area contributed by atoms with Crippen LogP contribution in [0.15, 0.2) is 36.4 Å². The number of carbonyl (C=O) groups is 2. The molecule has 1 unspecified atom stereocenters. The molecular formula is C17H22N4O3S. The summed E-state index contributed by atoms with van der Waals surface area (Å²) in [6.45, 7) is 5.90. The van der Waals surface area contributed by atoms with E-state index in [-0.39, 0.29) is 22.7 Å². The quantitative estimate of drug-likeness (QED) is 0.806. The summed E-state index contributed by atoms with van der Waals surface area (Å²) in [5.41, 5.74) is 6.21. The average molecular weight is 362 g/mol. The number of hydrogen-bond acceptors (Lipinski definition) is 4. The lowest BCUT2D eigenvalue weighted by Gasteiger charge is -2.17. The Labute approximate surface area is 149 Å². The number of benzene rings is 1. The van der Waals surface area contributed by atoms with E-state index in [1.807, 2.05) is 26.8 Å². The summed E-state index contributed by atoms with van der Waals surface area (Å²) in [7, 11) is -1.06. The number of nitrogens with one attached hydrogen (secondary N) is 1. The fraction of sp³-hybridized carbons (Fsp3) is 0.353. The van der Waals surface area contributed by atoms with Gasteiger partial charge in [0.15, 0.2) is 5.69 Å². The molecule has 7 nitrogen and oxygen atoms in total. The van der Waals surface area contributed by atoms with Gasteiger partial charge < -0.3 is 11.1 Å². The lowest BCUT2D eigenvalue weighted by molar-refractivity contribution is 0.0949. The monoisotopic (exact) mass is 362 g/mol. The highest BCUT2D eigenvalue weighted by atomic mass is 32.2. The van der Waals surface area contributed by atoms with Crippen LogP contribution < -0.4 is 11.1 Å². The first-order chi connectivity index (χ1) is 11.7. The lowest BCUT2D eigenvalue weighted by atomic mass is 10.3. The lowest BCUT2D eigenvalue weighted by Crippen LogP contribution is -2.32. The van der Waals surface area contributed by atoms with Gasteiger partial charge in [0.1, 0.15) is 5.69 Å². The van der Waals surface area contributed by atoms with Crippen LogP contribution in [0.25, 0.3) is 5.69 Å². The average Bonchev–Trinajstić information content (AvgIpc) is 3.00. The summed E-state index contributed by atoms with van der Waals surface area (Å²) >= 11 is 0. The molecule has 1 heterocycles. The molecule has 25 heavy (non-hydrogen) atoms. The van der Waals surface area contributed by atoms with Crippen LogP contribution in [-0.4, -0.2) is 42.8 Å². The second-order valence-electron chi connectivity index (χ2n) is 6.44. The van der Waals surface area contributed by atoms with Gasteiger partial charge in [0.2, 0.25) is 0 Å². The summed E-state index contributed by atoms with van der Waals surface area (Å²) in [5.74, 6) is -0.774. The largest absolute Gasteiger partial charge is 0.364 e. The molecular weight excluding hydrogens is 340 g/mol. The van der Waals surface area contributed by atoms with Crippen LogP contribution in [-0.2, 0) is 10.8 Å². The maximum Gasteiger partial charge on any atom is 0.271 e. The number of primary amides is 1. The molecule has 0 aliphatic heterocycles. The highest BCUT2D eigenvalue weighted by Crippen LogP contribution is 2.13. The Morgan fingerprint density at radius 3 is 2.44 bits per heavy atom. The van der Waals surface area contributed by atoms with Gasteiger partial charge in [-0.05, 0) is 32.9 Å². The standard InChI is InChI=1S/C17H22N4O3S/c1-17(2,3)25(24)10-9-19-16(23)13-11-14(15(18)22)21(20-13)12-7-5-4-6-8-12/h4-8,11H,9-10H2,1-3H3,(H2,18,22)(H,19,23). The highest BCUT2D eigenvalue weighted by molar-refractivity contribution is 7.86. The fourth-order valence-corrected chi connectivity index (χ4v) is 2.99. The van der Waals surface area contributed by atoms with E-state index in [1.165, 1.54) is 10.7 Å². The van der Waals surface area contributed by atoms with Crippen LogP contribution in [0.3, 0.4) is 0 Å². The van der Waals surface area contributed by atoms with Gasteiger partial charge in [-0.25, -0.2) is 4.68 Å². The minimum Gasteiger partial charge on any atom is -0.364 e. The normalized spacial score (nSPS) is 12.6. The van der Waals surface area contributed by atoms with Crippen molar-refractivity contribution >= 4 is 22.6 Å². The first-order valence-electron chi connectivity index (χ1n) is 7.82. The van der Waals surface area contributed by atoms with Crippen molar-refractivity contribution in [2.45, 2.75) is 25.5 Å². The molecule has 1 aromatic carbocycles. The number of carbonyl (C=O) groups excluding carboxylic acids is 2. The van der Waals surface area contributed by atoms with Gasteiger partial charge in [-0.1, -0.05) is 18.2 Å². The third kappa shape index (κ3) is 4.76. The van der Waals surface area contributed by atoms with E-state index in [9.17, 15) is 13.8 Å². The Bertz CT molecular complexity index is 794. The molecule has 2 aromatic rings. The molecule has 0 aliphatic carbocycles. The summed E-state index contributed by atoms with van der Waals surface area (Å²) in [6, 6.07) is 10.3. The Morgan fingerprint density at radius 2 is 1.88 bits per heavy atom. The number of rotatable bonds is 6. The molecule has 1 atom stereocenters. The second-order valence-corrected chi connectivity index (χ2v) is 8.77. The predicted octanol–water partition coefficient (Wildman–Crippen LogP) is 1.25. The van der Waals surface area contributed by atoms with Gasteiger partial charge >= 0.3 is 0 Å². The number of aromatic nitrogens is 2. The van der Waals surface area contributed by atoms with Crippen molar-refractivity contribution in [2.24, 2.45) is 5.73 Å². The van der Waals surface area contributed by atoms with Crippen LogP contribution in [0.2, 0.25) is 0 Å². The van der Waals surface area contributed by atoms with Crippen LogP contribution in [0.1, 0.15) is 41.7 Å². The highest BCUT2D eigenvalue weighted by Gasteiger charge is 2.21. The summed E-state index contributed by atoms with van der Waals surface area (Å²) in [5, 5.41) is 6.85. The van der Waals surface area contributed by atoms with E-state index >= 15 is 0 Å². The minimum atomic E-state index is -1.06. The van der Waals surface area contributed by atoms with Gasteiger partial charge in [0, 0.05) is 33.9 Å². The maximum atomic E-state index is 12.3. The fourth-order valence-electron chi connectivity index (χ4n) is 2.09. The van der Waals surface area contributed by atoms with E-state index in [0.717, 1.165) is 0 Å². The van der Waals surface area contributed by atoms with Gasteiger partial charge in [0.25, 0.3) is 11.8 Å². The van der Waals surface area contributed by atoms with Crippen molar-refractivity contribution in [3.05, 3.63) is 47.8 Å². The Kier molecular flexibility index (Phi) is 5.73. The van der Waals surface area contributed by atoms with Crippen molar-refractivity contribution in [1.29, 1.82) is 0 Å². The van der Waals surface area contributed by atoms with E-state index in [2.05, 4.69) is 10.4 Å². The van der Waals surface area contributed by atoms with Gasteiger partial charge in [-0.15, -0.1) is 0 Å². The molecule has 134 valence electrons. The van der Waals surface area contributed by atoms with Gasteiger partial charge in [-0.2, -0.15) is 5.10 Å². The van der Waals surface area contributed by atoms with Crippen molar-refractivity contribution in [3.8, 4) is 5.69 Å². The number of para-hydroxylation sites is 1. The maximum absolute atomic E-state index is 12.3. The number of amides is 2. The van der Waals surface area contributed by atoms with Crippen molar-refractivity contribution in [3.63, 3.8) is 0 Å². The van der Waals surface area contributed by atoms with Crippen LogP contribution in [0.5, 0.6) is 0 Å². The Balaban J connectivity index is 2.13. The van der Waals surface area contributed by atoms with Crippen LogP contribution in [0, 0.1) is 0 Å². The summed E-state index contributed by atoms with van der Waals surface area (Å²) in [6.07, 6.45) is 0. The van der Waals surface area contributed by atoms with E-state index < -0.39 is 22.6 Å². The van der Waals surface area contributed by atoms with Gasteiger partial charge in [0.05, 0.1) is 5.69 Å². The third-order valence-corrected chi connectivity index (χ3v) is 5.39. The number of hydrogen-bond donors (Lipinski definition) is 2. The third-order valence-electron chi connectivity index (χ3n) is 3.45. The molecule has 0 saturated carbocycles. The molecule has 2 rings (SSSR count). The smallest absolute Gasteiger partial charge is 0.271 e. The molecule has 3 N–H and O–H groups in total. The zero-order chi connectivity index (χ0) is 18.6. The van der Waals surface area contributed by atoms with E-state index in [1.54, 1.807) is 24.3 Å². The molecule has 0 bridgehead atoms. The Morgan fingerprint density at radius 1 is 1.24 bits per heavy atom. The zero-order valence-corrected chi connectivity index (χ0v) is 15.3. The van der Waals surface area contributed by atoms with E-state index in [4.69, 9.17) is 5.73 Å². The molecule has 1 aromatic heterocycles. The van der Waals surface area contributed by atoms with Gasteiger partial charge in [-0.3, -0.25) is 13.8 Å². The van der Waals surface area contributed by atoms with Crippen molar-refractivity contribution in [2.75, 3.05) is 12.3 Å². The zero-order valence-electron chi connectivity index (χ0n) is 14.5. The first-order valence-corrected chi connectivity index (χ1v) is 9.14. The number of nitrogens with two attached hydrogens (primary N) is 1. The number of nitrogens with zero attached hydrogens (tertiary/aromatic N) is 2. The molecule has 0 radical (unpaired) electrons. The SMILES string of the molecule is CC(C)(C)S(=O)CCNC(=O)c1cc(C(N)=O)n(-c2ccccc2)n1. The molecule has 0 saturated heterocycles. The van der Waals surface area contributed by atoms with Crippen molar-refractivity contribution < 1.29 is 13.8 Å². The minimum absolute atomic E-state index is 0.0826. The molecule has 0 spiro atoms. The van der Waals surface area contributed by atoms with Crippen LogP contribution in [0.4, 0.5) is 0 Å². The van der Waals surface area contributed by atoms with E-state index in [0.29, 0.717) is 11.4 Å². The Hall–Kier alpha value is -2.48. The molecule has 0 aliphatic rings. The predicted molar refractivity (Wildman–Crippen MR) is 97.2 cm³/mol. The second kappa shape index (κ2) is 7.60. The molecule has 0 fully saturated rings. The van der Waals surface area contributed by atoms with Crippen molar-refractivity contribution in [1.82, 2.24) is 15.1 Å². The topological polar surface area (TPSA) is 107 Å².